The number of rotatable bonds is 8. The Morgan fingerprint density at radius 1 is 1.22 bits per heavy atom. The molecule has 9 heteroatoms. The highest BCUT2D eigenvalue weighted by Gasteiger charge is 2.43. The van der Waals surface area contributed by atoms with Gasteiger partial charge in [-0.15, -0.1) is 0 Å². The number of allylic oxidation sites excluding steroid dienone is 1. The summed E-state index contributed by atoms with van der Waals surface area (Å²) in [6.07, 6.45) is 9.08. The van der Waals surface area contributed by atoms with Crippen molar-refractivity contribution in [2.24, 2.45) is 4.99 Å². The highest BCUT2D eigenvalue weighted by molar-refractivity contribution is 5.99. The van der Waals surface area contributed by atoms with Gasteiger partial charge in [-0.05, 0) is 83.9 Å². The zero-order chi connectivity index (χ0) is 29.7. The molecule has 2 N–H and O–H groups in total. The van der Waals surface area contributed by atoms with E-state index in [4.69, 9.17) is 9.73 Å². The van der Waals surface area contributed by atoms with E-state index in [2.05, 4.69) is 40.6 Å². The van der Waals surface area contributed by atoms with Crippen LogP contribution < -0.4 is 15.4 Å². The maximum atomic E-state index is 16.2. The molecule has 4 rings (SSSR count). The average Bonchev–Trinajstić information content (AvgIpc) is 3.49. The summed E-state index contributed by atoms with van der Waals surface area (Å²) >= 11 is 0. The highest BCUT2D eigenvalue weighted by atomic mass is 19.1. The maximum Gasteiger partial charge on any atom is 0.251 e. The monoisotopic (exact) mass is 566 g/mol. The van der Waals surface area contributed by atoms with E-state index in [9.17, 15) is 4.79 Å². The molecule has 1 aliphatic carbocycles. The summed E-state index contributed by atoms with van der Waals surface area (Å²) in [5.41, 5.74) is 0.677. The first-order valence-corrected chi connectivity index (χ1v) is 14.8. The van der Waals surface area contributed by atoms with Gasteiger partial charge in [0.15, 0.2) is 5.67 Å². The molecule has 0 spiro atoms. The number of aliphatic imine (C=N–C) groups is 1. The fourth-order valence-electron chi connectivity index (χ4n) is 6.11. The van der Waals surface area contributed by atoms with E-state index in [1.54, 1.807) is 18.1 Å². The number of alkyl halides is 1. The van der Waals surface area contributed by atoms with Gasteiger partial charge in [-0.2, -0.15) is 0 Å². The first kappa shape index (κ1) is 30.6. The summed E-state index contributed by atoms with van der Waals surface area (Å²) in [6, 6.07) is 5.81. The Kier molecular flexibility index (Phi) is 9.79. The van der Waals surface area contributed by atoms with Crippen LogP contribution in [0.1, 0.15) is 62.7 Å². The van der Waals surface area contributed by atoms with Crippen LogP contribution in [0.2, 0.25) is 0 Å². The third-order valence-corrected chi connectivity index (χ3v) is 8.71. The molecule has 41 heavy (non-hydrogen) atoms. The fourth-order valence-corrected chi connectivity index (χ4v) is 6.11. The van der Waals surface area contributed by atoms with Crippen LogP contribution in [0.4, 0.5) is 10.1 Å². The molecule has 1 aromatic rings. The van der Waals surface area contributed by atoms with Crippen LogP contribution in [0, 0.1) is 0 Å². The number of piperidine rings is 1. The number of likely N-dealkylation sites (N-methyl/N-ethyl adjacent to an activating group) is 1. The van der Waals surface area contributed by atoms with Gasteiger partial charge in [0, 0.05) is 24.7 Å². The summed E-state index contributed by atoms with van der Waals surface area (Å²) in [6.45, 7) is 13.9. The Bertz CT molecular complexity index is 1180. The minimum absolute atomic E-state index is 0.0960. The molecule has 3 aliphatic rings. The molecule has 1 amide bonds. The lowest BCUT2D eigenvalue weighted by atomic mass is 10.0. The second-order valence-electron chi connectivity index (χ2n) is 11.6. The number of anilines is 1. The van der Waals surface area contributed by atoms with E-state index in [0.29, 0.717) is 17.0 Å². The fraction of sp³-hybridized carbons (Fsp3) is 0.562. The van der Waals surface area contributed by atoms with Crippen LogP contribution in [-0.4, -0.2) is 91.2 Å². The first-order valence-electron chi connectivity index (χ1n) is 14.8. The van der Waals surface area contributed by atoms with E-state index in [-0.39, 0.29) is 30.7 Å². The number of carbonyl (C=O) groups excluding carboxylic acids is 1. The summed E-state index contributed by atoms with van der Waals surface area (Å²) in [5, 5.41) is 6.60. The molecule has 3 fully saturated rings. The molecule has 1 saturated carbocycles. The smallest absolute Gasteiger partial charge is 0.251 e. The summed E-state index contributed by atoms with van der Waals surface area (Å²) < 4.78 is 21.9. The van der Waals surface area contributed by atoms with Crippen molar-refractivity contribution >= 4 is 17.4 Å². The molecule has 0 radical (unpaired) electrons. The number of nitrogens with one attached hydrogen (secondary N) is 2. The van der Waals surface area contributed by atoms with Crippen molar-refractivity contribution in [3.8, 4) is 5.75 Å². The second-order valence-corrected chi connectivity index (χ2v) is 11.6. The quantitative estimate of drug-likeness (QED) is 0.423. The van der Waals surface area contributed by atoms with E-state index < -0.39 is 5.67 Å². The molecule has 1 unspecified atom stereocenters. The minimum Gasteiger partial charge on any atom is -0.495 e. The van der Waals surface area contributed by atoms with Gasteiger partial charge in [-0.25, -0.2) is 9.38 Å². The molecule has 1 aromatic carbocycles. The zero-order valence-corrected chi connectivity index (χ0v) is 25.4. The number of methoxy groups -OCH3 is 1. The largest absolute Gasteiger partial charge is 0.495 e. The van der Waals surface area contributed by atoms with Gasteiger partial charge in [0.1, 0.15) is 17.8 Å². The molecule has 2 aliphatic heterocycles. The highest BCUT2D eigenvalue weighted by Crippen LogP contribution is 2.37. The van der Waals surface area contributed by atoms with Crippen LogP contribution >= 0.6 is 0 Å². The van der Waals surface area contributed by atoms with Crippen LogP contribution in [0.5, 0.6) is 5.75 Å². The van der Waals surface area contributed by atoms with Crippen molar-refractivity contribution < 1.29 is 13.9 Å². The Morgan fingerprint density at radius 2 is 1.90 bits per heavy atom. The number of hydrogen-bond acceptors (Lipinski definition) is 6. The Morgan fingerprint density at radius 3 is 2.51 bits per heavy atom. The lowest BCUT2D eigenvalue weighted by molar-refractivity contribution is 0.0916. The molecule has 0 bridgehead atoms. The van der Waals surface area contributed by atoms with Crippen LogP contribution in [0.25, 0.3) is 0 Å². The van der Waals surface area contributed by atoms with Gasteiger partial charge >= 0.3 is 0 Å². The average molecular weight is 567 g/mol. The van der Waals surface area contributed by atoms with E-state index >= 15 is 4.39 Å². The van der Waals surface area contributed by atoms with Gasteiger partial charge in [0.05, 0.1) is 30.7 Å². The number of hydrogen-bond donors (Lipinski definition) is 2. The van der Waals surface area contributed by atoms with Crippen LogP contribution in [-0.2, 0) is 0 Å². The number of nitrogens with zero attached hydrogens (tertiary/aromatic N) is 4. The van der Waals surface area contributed by atoms with Crippen molar-refractivity contribution in [2.45, 2.75) is 76.3 Å². The van der Waals surface area contributed by atoms with Gasteiger partial charge in [-0.3, -0.25) is 4.79 Å². The zero-order valence-electron chi connectivity index (χ0n) is 25.4. The standard InChI is InChI=1S/C32H47FN6O2/c1-8-28-30(39(26-12-10-11-13-26)21-32(33,9-2)22(3)38(28)6)35-23(4)34-27-15-14-24(20-29(27)41-7)31(40)36-25-16-18-37(5)19-17-25/h8-9,14-15,20,23,25-26,34H,2-3,10-13,16-19,21H2,1,4-7H3,(H,36,40)/b28-8+,35-30?/t23?,32-/m1/s1. The lowest BCUT2D eigenvalue weighted by Gasteiger charge is -2.34. The maximum absolute atomic E-state index is 16.2. The minimum atomic E-state index is -1.77. The summed E-state index contributed by atoms with van der Waals surface area (Å²) in [7, 11) is 5.53. The Labute approximate surface area is 245 Å². The van der Waals surface area contributed by atoms with Gasteiger partial charge in [0.25, 0.3) is 5.91 Å². The number of ether oxygens (including phenoxy) is 1. The number of likely N-dealkylation sites (tertiary alicyclic amines) is 1. The SMILES string of the molecule is C=C[C@@]1(F)CN(C2CCCC2)C(=NC(C)Nc2ccc(C(=O)NC3CCN(C)CC3)cc2OC)/C(=C\C)N(C)C1=C. The van der Waals surface area contributed by atoms with Crippen molar-refractivity contribution in [2.75, 3.05) is 46.2 Å². The van der Waals surface area contributed by atoms with Gasteiger partial charge in [-0.1, -0.05) is 32.1 Å². The van der Waals surface area contributed by atoms with Crippen molar-refractivity contribution in [3.05, 3.63) is 60.5 Å². The molecule has 224 valence electrons. The Balaban J connectivity index is 1.58. The van der Waals surface area contributed by atoms with Gasteiger partial charge in [0.2, 0.25) is 0 Å². The third kappa shape index (κ3) is 6.77. The second kappa shape index (κ2) is 13.1. The molecule has 2 atom stereocenters. The number of amides is 1. The van der Waals surface area contributed by atoms with Crippen LogP contribution in [0.3, 0.4) is 0 Å². The van der Waals surface area contributed by atoms with Crippen molar-refractivity contribution in [1.29, 1.82) is 0 Å². The van der Waals surface area contributed by atoms with Gasteiger partial charge < -0.3 is 30.1 Å². The van der Waals surface area contributed by atoms with Crippen molar-refractivity contribution in [1.82, 2.24) is 20.0 Å². The van der Waals surface area contributed by atoms with E-state index in [0.717, 1.165) is 68.8 Å². The normalized spacial score (nSPS) is 25.9. The van der Waals surface area contributed by atoms with Crippen LogP contribution in [0.15, 0.2) is 59.9 Å². The molecule has 2 heterocycles. The number of amidine groups is 1. The molecule has 2 saturated heterocycles. The molecule has 8 nitrogen and oxygen atoms in total. The summed E-state index contributed by atoms with van der Waals surface area (Å²) in [5.74, 6) is 1.20. The number of benzene rings is 1. The lowest BCUT2D eigenvalue weighted by Crippen LogP contribution is -2.46. The molecular weight excluding hydrogens is 519 g/mol. The number of carbonyl (C=O) groups is 1. The molecular formula is C32H47FN6O2. The van der Waals surface area contributed by atoms with E-state index in [1.165, 1.54) is 6.08 Å². The van der Waals surface area contributed by atoms with Crippen molar-refractivity contribution in [3.63, 3.8) is 0 Å². The van der Waals surface area contributed by atoms with E-state index in [1.807, 2.05) is 39.1 Å². The predicted octanol–water partition coefficient (Wildman–Crippen LogP) is 5.18. The predicted molar refractivity (Wildman–Crippen MR) is 165 cm³/mol. The Hall–Kier alpha value is -3.33. The first-order chi connectivity index (χ1) is 19.6. The molecule has 0 aromatic heterocycles. The number of halogens is 1. The topological polar surface area (TPSA) is 72.4 Å². The third-order valence-electron chi connectivity index (χ3n) is 8.71. The summed E-state index contributed by atoms with van der Waals surface area (Å²) in [4.78, 5) is 24.3.